The second-order valence-electron chi connectivity index (χ2n) is 13.8. The molecule has 1 saturated heterocycles. The van der Waals surface area contributed by atoms with Gasteiger partial charge in [-0.2, -0.15) is 18.3 Å². The topological polar surface area (TPSA) is 71.3 Å². The van der Waals surface area contributed by atoms with Crippen LogP contribution in [0.5, 0.6) is 0 Å². The normalized spacial score (nSPS) is 14.3. The molecule has 7 aromatic rings. The van der Waals surface area contributed by atoms with E-state index in [2.05, 4.69) is 19.9 Å². The summed E-state index contributed by atoms with van der Waals surface area (Å²) in [5.41, 5.74) is 2.93. The zero-order valence-corrected chi connectivity index (χ0v) is 30.9. The number of benzene rings is 5. The molecule has 2 aromatic heterocycles. The number of hydrogen-bond donors (Lipinski definition) is 0. The van der Waals surface area contributed by atoms with E-state index in [1.165, 1.54) is 17.1 Å². The number of alkyl halides is 3. The van der Waals surface area contributed by atoms with Gasteiger partial charge in [0.15, 0.2) is 15.5 Å². The lowest BCUT2D eigenvalue weighted by Gasteiger charge is -2.36. The third-order valence-electron chi connectivity index (χ3n) is 10.4. The summed E-state index contributed by atoms with van der Waals surface area (Å²) < 4.78 is 71.1. The minimum Gasteiger partial charge on any atom is -0.370 e. The number of nitrogens with zero attached hydrogens (tertiary/aromatic N) is 5. The van der Waals surface area contributed by atoms with E-state index in [1.807, 2.05) is 109 Å². The highest BCUT2D eigenvalue weighted by Crippen LogP contribution is 2.45. The first-order chi connectivity index (χ1) is 26.5. The fraction of sp³-hybridized carbons (Fsp3) is 0.182. The lowest BCUT2D eigenvalue weighted by molar-refractivity contribution is -0.141. The largest absolute Gasteiger partial charge is 0.435 e. The molecule has 7 nitrogen and oxygen atoms in total. The van der Waals surface area contributed by atoms with Crippen LogP contribution in [-0.4, -0.2) is 55.6 Å². The van der Waals surface area contributed by atoms with Crippen LogP contribution in [0.2, 0.25) is 0 Å². The van der Waals surface area contributed by atoms with Crippen molar-refractivity contribution in [2.45, 2.75) is 23.0 Å². The molecular weight excluding hydrogens is 720 g/mol. The van der Waals surface area contributed by atoms with E-state index >= 15 is 13.2 Å². The lowest BCUT2D eigenvalue weighted by atomic mass is 9.77. The van der Waals surface area contributed by atoms with Gasteiger partial charge in [-0.15, -0.1) is 0 Å². The Balaban J connectivity index is 1.23. The van der Waals surface area contributed by atoms with Crippen molar-refractivity contribution in [2.24, 2.45) is 0 Å². The van der Waals surface area contributed by atoms with E-state index in [-0.39, 0.29) is 10.5 Å². The number of pyridine rings is 1. The van der Waals surface area contributed by atoms with Crippen molar-refractivity contribution in [3.63, 3.8) is 0 Å². The van der Waals surface area contributed by atoms with Crippen LogP contribution in [0.15, 0.2) is 157 Å². The minimum atomic E-state index is -4.75. The van der Waals surface area contributed by atoms with Gasteiger partial charge in [0.05, 0.1) is 10.4 Å². The van der Waals surface area contributed by atoms with Crippen molar-refractivity contribution >= 4 is 32.1 Å². The minimum absolute atomic E-state index is 0.0315. The Bertz CT molecular complexity index is 2450. The molecule has 0 radical (unpaired) electrons. The molecule has 0 amide bonds. The third kappa shape index (κ3) is 6.84. The number of hydrogen-bond acceptors (Lipinski definition) is 6. The summed E-state index contributed by atoms with van der Waals surface area (Å²) in [7, 11) is -3.30. The molecule has 0 bridgehead atoms. The van der Waals surface area contributed by atoms with Crippen LogP contribution in [0.3, 0.4) is 0 Å². The van der Waals surface area contributed by atoms with E-state index in [0.29, 0.717) is 24.2 Å². The number of anilines is 2. The standard InChI is InChI=1S/C44H38F3N5O2S/c1-55(53,54)37-21-19-36(20-22-37)50-26-11-27-51(29-28-50)41-24-25-48-40-23-18-32(30-38(40)41)39-31-52(49-42(39)44(45,46)47)43(33-12-5-2-6-13-33,34-14-7-3-8-15-34)35-16-9-4-10-17-35/h2-10,12-25,30-31H,11,26-29H2,1H3. The molecule has 0 saturated carbocycles. The number of sulfone groups is 1. The summed E-state index contributed by atoms with van der Waals surface area (Å²) >= 11 is 0. The van der Waals surface area contributed by atoms with E-state index in [0.717, 1.165) is 53.0 Å². The highest BCUT2D eigenvalue weighted by atomic mass is 32.2. The Labute approximate surface area is 318 Å². The van der Waals surface area contributed by atoms with Gasteiger partial charge >= 0.3 is 6.18 Å². The molecule has 0 spiro atoms. The molecule has 55 heavy (non-hydrogen) atoms. The Morgan fingerprint density at radius 1 is 0.655 bits per heavy atom. The third-order valence-corrected chi connectivity index (χ3v) is 11.5. The van der Waals surface area contributed by atoms with Crippen LogP contribution >= 0.6 is 0 Å². The Hall–Kier alpha value is -5.94. The molecule has 278 valence electrons. The average Bonchev–Trinajstić information content (AvgIpc) is 3.52. The van der Waals surface area contributed by atoms with Crippen LogP contribution in [0, 0.1) is 0 Å². The molecule has 5 aromatic carbocycles. The molecule has 11 heteroatoms. The van der Waals surface area contributed by atoms with Crippen molar-refractivity contribution in [3.8, 4) is 11.1 Å². The monoisotopic (exact) mass is 757 g/mol. The first-order valence-corrected chi connectivity index (χ1v) is 20.0. The molecular formula is C44H38F3N5O2S. The molecule has 0 unspecified atom stereocenters. The van der Waals surface area contributed by atoms with Crippen molar-refractivity contribution in [3.05, 3.63) is 174 Å². The van der Waals surface area contributed by atoms with Gasteiger partial charge in [0.2, 0.25) is 0 Å². The van der Waals surface area contributed by atoms with Crippen LogP contribution in [-0.2, 0) is 21.6 Å². The van der Waals surface area contributed by atoms with Crippen LogP contribution < -0.4 is 9.80 Å². The lowest BCUT2D eigenvalue weighted by Crippen LogP contribution is -2.38. The summed E-state index contributed by atoms with van der Waals surface area (Å²) in [5.74, 6) is 0. The molecule has 0 aliphatic carbocycles. The second kappa shape index (κ2) is 14.4. The SMILES string of the molecule is CS(=O)(=O)c1ccc(N2CCCN(c3ccnc4ccc(-c5cn(C(c6ccccc6)(c6ccccc6)c6ccccc6)nc5C(F)(F)F)cc34)CC2)cc1. The maximum absolute atomic E-state index is 15.2. The highest BCUT2D eigenvalue weighted by Gasteiger charge is 2.44. The molecule has 0 atom stereocenters. The maximum atomic E-state index is 15.2. The van der Waals surface area contributed by atoms with Gasteiger partial charge in [-0.3, -0.25) is 9.67 Å². The fourth-order valence-electron chi connectivity index (χ4n) is 7.80. The molecule has 0 N–H and O–H groups in total. The summed E-state index contributed by atoms with van der Waals surface area (Å²) in [6, 6.07) is 42.7. The number of halogens is 3. The van der Waals surface area contributed by atoms with E-state index in [1.54, 1.807) is 36.5 Å². The van der Waals surface area contributed by atoms with Crippen LogP contribution in [0.25, 0.3) is 22.0 Å². The Kier molecular flexibility index (Phi) is 9.42. The molecule has 3 heterocycles. The van der Waals surface area contributed by atoms with E-state index in [9.17, 15) is 8.42 Å². The van der Waals surface area contributed by atoms with Gasteiger partial charge in [0, 0.05) is 67.2 Å². The smallest absolute Gasteiger partial charge is 0.370 e. The zero-order chi connectivity index (χ0) is 38.2. The first-order valence-electron chi connectivity index (χ1n) is 18.1. The predicted octanol–water partition coefficient (Wildman–Crippen LogP) is 9.08. The molecule has 8 rings (SSSR count). The van der Waals surface area contributed by atoms with Gasteiger partial charge in [0.25, 0.3) is 0 Å². The predicted molar refractivity (Wildman–Crippen MR) is 211 cm³/mol. The highest BCUT2D eigenvalue weighted by molar-refractivity contribution is 7.90. The first kappa shape index (κ1) is 36.1. The van der Waals surface area contributed by atoms with Gasteiger partial charge in [-0.1, -0.05) is 97.1 Å². The van der Waals surface area contributed by atoms with E-state index in [4.69, 9.17) is 0 Å². The van der Waals surface area contributed by atoms with Gasteiger partial charge in [0.1, 0.15) is 5.54 Å². The van der Waals surface area contributed by atoms with Crippen molar-refractivity contribution in [1.29, 1.82) is 0 Å². The van der Waals surface area contributed by atoms with Crippen LogP contribution in [0.4, 0.5) is 24.5 Å². The van der Waals surface area contributed by atoms with Gasteiger partial charge in [-0.25, -0.2) is 8.42 Å². The molecule has 1 aliphatic rings. The number of fused-ring (bicyclic) bond motifs is 1. The average molecular weight is 758 g/mol. The Morgan fingerprint density at radius 2 is 1.22 bits per heavy atom. The Morgan fingerprint density at radius 3 is 1.78 bits per heavy atom. The quantitative estimate of drug-likeness (QED) is 0.144. The second-order valence-corrected chi connectivity index (χ2v) is 15.8. The maximum Gasteiger partial charge on any atom is 0.435 e. The number of rotatable bonds is 8. The summed E-state index contributed by atoms with van der Waals surface area (Å²) in [6.45, 7) is 2.81. The van der Waals surface area contributed by atoms with Crippen LogP contribution in [0.1, 0.15) is 28.8 Å². The number of aromatic nitrogens is 3. The molecule has 1 aliphatic heterocycles. The van der Waals surface area contributed by atoms with Gasteiger partial charge < -0.3 is 9.80 Å². The fourth-order valence-corrected chi connectivity index (χ4v) is 8.43. The van der Waals surface area contributed by atoms with Gasteiger partial charge in [-0.05, 0) is 71.1 Å². The van der Waals surface area contributed by atoms with Crippen molar-refractivity contribution in [2.75, 3.05) is 42.2 Å². The summed E-state index contributed by atoms with van der Waals surface area (Å²) in [5, 5.41) is 5.19. The zero-order valence-electron chi connectivity index (χ0n) is 30.1. The van der Waals surface area contributed by atoms with E-state index < -0.39 is 27.2 Å². The summed E-state index contributed by atoms with van der Waals surface area (Å²) in [6.07, 6.45) is 0.530. The van der Waals surface area contributed by atoms with Crippen molar-refractivity contribution in [1.82, 2.24) is 14.8 Å². The summed E-state index contributed by atoms with van der Waals surface area (Å²) in [4.78, 5) is 9.34. The molecule has 1 fully saturated rings. The van der Waals surface area contributed by atoms with Crippen molar-refractivity contribution < 1.29 is 21.6 Å².